The predicted molar refractivity (Wildman–Crippen MR) is 104 cm³/mol. The molecule has 0 amide bonds. The Morgan fingerprint density at radius 3 is 2.92 bits per heavy atom. The van der Waals surface area contributed by atoms with Crippen molar-refractivity contribution >= 4 is 49.9 Å². The molecule has 0 saturated heterocycles. The summed E-state index contributed by atoms with van der Waals surface area (Å²) in [6.45, 7) is 0. The van der Waals surface area contributed by atoms with Gasteiger partial charge in [-0.2, -0.15) is 5.26 Å². The summed E-state index contributed by atoms with van der Waals surface area (Å²) in [5, 5.41) is 22.9. The Morgan fingerprint density at radius 1 is 1.27 bits per heavy atom. The van der Waals surface area contributed by atoms with E-state index in [9.17, 15) is 10.4 Å². The highest BCUT2D eigenvalue weighted by Crippen LogP contribution is 2.31. The zero-order valence-corrected chi connectivity index (χ0v) is 15.4. The Labute approximate surface area is 157 Å². The number of fused-ring (bicyclic) bond motifs is 2. The lowest BCUT2D eigenvalue weighted by molar-refractivity contribution is 0.420. The van der Waals surface area contributed by atoms with Crippen LogP contribution < -0.4 is 0 Å². The number of aliphatic hydroxyl groups is 1. The van der Waals surface area contributed by atoms with Crippen LogP contribution in [0.4, 0.5) is 0 Å². The molecule has 0 aliphatic heterocycles. The second-order valence-electron chi connectivity index (χ2n) is 5.52. The molecule has 0 fully saturated rings. The van der Waals surface area contributed by atoms with Crippen molar-refractivity contribution in [3.05, 3.63) is 53.6 Å². The van der Waals surface area contributed by atoms with E-state index >= 15 is 0 Å². The van der Waals surface area contributed by atoms with Gasteiger partial charge < -0.3 is 9.67 Å². The van der Waals surface area contributed by atoms with Crippen LogP contribution in [0.5, 0.6) is 0 Å². The topological polar surface area (TPSA) is 87.6 Å². The number of hydrogen-bond acceptors (Lipinski definition) is 7. The second-order valence-corrected chi connectivity index (χ2v) is 7.40. The van der Waals surface area contributed by atoms with Crippen LogP contribution in [-0.2, 0) is 7.05 Å². The third-order valence-electron chi connectivity index (χ3n) is 3.97. The Kier molecular flexibility index (Phi) is 4.32. The van der Waals surface area contributed by atoms with Gasteiger partial charge in [0.15, 0.2) is 5.82 Å². The van der Waals surface area contributed by atoms with E-state index in [0.29, 0.717) is 5.82 Å². The van der Waals surface area contributed by atoms with Gasteiger partial charge in [-0.25, -0.2) is 15.0 Å². The summed E-state index contributed by atoms with van der Waals surface area (Å²) in [4.78, 5) is 13.0. The van der Waals surface area contributed by atoms with Crippen LogP contribution in [0.25, 0.3) is 26.8 Å². The minimum absolute atomic E-state index is 0.0146. The number of thiophene rings is 1. The summed E-state index contributed by atoms with van der Waals surface area (Å²) in [5.41, 5.74) is 2.75. The van der Waals surface area contributed by atoms with Crippen LogP contribution >= 0.6 is 23.1 Å². The molecule has 0 saturated carbocycles. The highest BCUT2D eigenvalue weighted by Gasteiger charge is 2.17. The lowest BCUT2D eigenvalue weighted by Gasteiger charge is -2.05. The van der Waals surface area contributed by atoms with Gasteiger partial charge in [0.2, 0.25) is 0 Å². The molecule has 0 atom stereocenters. The van der Waals surface area contributed by atoms with E-state index in [1.54, 1.807) is 11.3 Å². The quantitative estimate of drug-likeness (QED) is 0.248. The molecule has 0 radical (unpaired) electrons. The highest BCUT2D eigenvalue weighted by molar-refractivity contribution is 7.99. The number of nitriles is 1. The molecular weight excluding hydrogens is 366 g/mol. The van der Waals surface area contributed by atoms with Crippen LogP contribution in [0.15, 0.2) is 52.8 Å². The van der Waals surface area contributed by atoms with Crippen LogP contribution in [-0.4, -0.2) is 30.4 Å². The average molecular weight is 379 g/mol. The summed E-state index contributed by atoms with van der Waals surface area (Å²) in [6.07, 6.45) is 1.51. The molecule has 0 aliphatic rings. The lowest BCUT2D eigenvalue weighted by Crippen LogP contribution is -2.01. The molecule has 0 bridgehead atoms. The molecule has 1 N–H and O–H groups in total. The van der Waals surface area contributed by atoms with Crippen LogP contribution in [0.3, 0.4) is 0 Å². The number of para-hydroxylation sites is 2. The molecule has 3 heterocycles. The van der Waals surface area contributed by atoms with Gasteiger partial charge in [-0.1, -0.05) is 23.9 Å². The fourth-order valence-corrected chi connectivity index (χ4v) is 4.52. The first-order valence-electron chi connectivity index (χ1n) is 7.74. The normalized spacial score (nSPS) is 12.3. The first-order chi connectivity index (χ1) is 12.7. The molecular formula is C18H13N5OS2. The molecule has 128 valence electrons. The smallest absolute Gasteiger partial charge is 0.155 e. The number of allylic oxidation sites excluding steroid dienone is 1. The van der Waals surface area contributed by atoms with Crippen molar-refractivity contribution in [3.8, 4) is 6.07 Å². The number of rotatable bonds is 4. The van der Waals surface area contributed by atoms with Gasteiger partial charge in [-0.15, -0.1) is 11.3 Å². The summed E-state index contributed by atoms with van der Waals surface area (Å²) in [6, 6.07) is 11.6. The molecule has 3 aromatic heterocycles. The first-order valence-corrected chi connectivity index (χ1v) is 9.60. The molecule has 0 unspecified atom stereocenters. The van der Waals surface area contributed by atoms with Crippen molar-refractivity contribution < 1.29 is 5.11 Å². The van der Waals surface area contributed by atoms with Crippen LogP contribution in [0, 0.1) is 11.3 Å². The Morgan fingerprint density at radius 2 is 2.12 bits per heavy atom. The Hall–Kier alpha value is -2.89. The van der Waals surface area contributed by atoms with Crippen molar-refractivity contribution in [1.82, 2.24) is 19.5 Å². The molecule has 0 spiro atoms. The van der Waals surface area contributed by atoms with Crippen LogP contribution in [0.1, 0.15) is 5.82 Å². The number of nitrogens with zero attached hydrogens (tertiary/aromatic N) is 5. The van der Waals surface area contributed by atoms with E-state index in [0.717, 1.165) is 26.3 Å². The minimum Gasteiger partial charge on any atom is -0.510 e. The average Bonchev–Trinajstić information content (AvgIpc) is 3.26. The van der Waals surface area contributed by atoms with Crippen molar-refractivity contribution in [2.45, 2.75) is 5.03 Å². The molecule has 8 heteroatoms. The van der Waals surface area contributed by atoms with Gasteiger partial charge in [0.05, 0.1) is 27.0 Å². The number of thioether (sulfide) groups is 1. The van der Waals surface area contributed by atoms with Gasteiger partial charge in [0.1, 0.15) is 28.8 Å². The van der Waals surface area contributed by atoms with Crippen molar-refractivity contribution in [2.24, 2.45) is 7.05 Å². The van der Waals surface area contributed by atoms with Crippen molar-refractivity contribution in [2.75, 3.05) is 5.75 Å². The van der Waals surface area contributed by atoms with Crippen molar-refractivity contribution in [1.29, 1.82) is 5.26 Å². The number of aryl methyl sites for hydroxylation is 1. The second kappa shape index (κ2) is 6.78. The van der Waals surface area contributed by atoms with E-state index < -0.39 is 0 Å². The number of aromatic nitrogens is 4. The van der Waals surface area contributed by atoms with Gasteiger partial charge in [-0.3, -0.25) is 0 Å². The number of benzene rings is 1. The summed E-state index contributed by atoms with van der Waals surface area (Å²) in [5.74, 6) is 0.672. The van der Waals surface area contributed by atoms with Gasteiger partial charge in [-0.05, 0) is 23.6 Å². The molecule has 4 rings (SSSR count). The van der Waals surface area contributed by atoms with E-state index in [1.807, 2.05) is 47.3 Å². The monoisotopic (exact) mass is 379 g/mol. The maximum Gasteiger partial charge on any atom is 0.155 e. The maximum absolute atomic E-state index is 10.5. The third-order valence-corrected chi connectivity index (χ3v) is 6.01. The molecule has 4 aromatic rings. The molecule has 1 aromatic carbocycles. The fraction of sp³-hybridized carbons (Fsp3) is 0.111. The Balaban J connectivity index is 1.68. The largest absolute Gasteiger partial charge is 0.510 e. The summed E-state index contributed by atoms with van der Waals surface area (Å²) < 4.78 is 2.79. The number of aliphatic hydroxyl groups excluding tert-OH is 1. The summed E-state index contributed by atoms with van der Waals surface area (Å²) >= 11 is 2.93. The van der Waals surface area contributed by atoms with E-state index in [4.69, 9.17) is 0 Å². The van der Waals surface area contributed by atoms with Crippen LogP contribution in [0.2, 0.25) is 0 Å². The zero-order valence-electron chi connectivity index (χ0n) is 13.7. The number of hydrogen-bond donors (Lipinski definition) is 1. The predicted octanol–water partition coefficient (Wildman–Crippen LogP) is 4.16. The highest BCUT2D eigenvalue weighted by atomic mass is 32.2. The van der Waals surface area contributed by atoms with Crippen molar-refractivity contribution in [3.63, 3.8) is 0 Å². The first kappa shape index (κ1) is 16.6. The third kappa shape index (κ3) is 2.81. The molecule has 0 aliphatic carbocycles. The lowest BCUT2D eigenvalue weighted by atomic mass is 10.2. The zero-order chi connectivity index (χ0) is 18.1. The van der Waals surface area contributed by atoms with E-state index in [2.05, 4.69) is 21.0 Å². The number of imidazole rings is 1. The Bertz CT molecular complexity index is 1190. The van der Waals surface area contributed by atoms with Gasteiger partial charge >= 0.3 is 0 Å². The molecule has 26 heavy (non-hydrogen) atoms. The fourth-order valence-electron chi connectivity index (χ4n) is 2.69. The maximum atomic E-state index is 10.5. The van der Waals surface area contributed by atoms with E-state index in [-0.39, 0.29) is 17.1 Å². The summed E-state index contributed by atoms with van der Waals surface area (Å²) in [7, 11) is 1.84. The molecule has 6 nitrogen and oxygen atoms in total. The SMILES string of the molecule is Cn1c(/C(C#N)=C(/O)CSc2ncnc3ccsc23)nc2ccccc21. The standard InChI is InChI=1S/C18H13N5OS2/c1-23-14-5-3-2-4-12(14)22-17(23)11(8-19)15(24)9-26-18-16-13(6-7-25-16)20-10-21-18/h2-7,10,24H,9H2,1H3/b15-11+. The van der Waals surface area contributed by atoms with Gasteiger partial charge in [0.25, 0.3) is 0 Å². The van der Waals surface area contributed by atoms with Gasteiger partial charge in [0, 0.05) is 7.05 Å². The van der Waals surface area contributed by atoms with E-state index in [1.165, 1.54) is 18.1 Å². The minimum atomic E-state index is -0.0146.